The maximum atomic E-state index is 12.3. The van der Waals surface area contributed by atoms with Crippen LogP contribution in [0.15, 0.2) is 42.5 Å². The van der Waals surface area contributed by atoms with Gasteiger partial charge in [-0.15, -0.1) is 0 Å². The van der Waals surface area contributed by atoms with Crippen molar-refractivity contribution in [3.05, 3.63) is 48.2 Å². The molecule has 3 rings (SSSR count). The number of unbranched alkanes of at least 4 members (excludes halogenated alkanes) is 1. The third-order valence-electron chi connectivity index (χ3n) is 4.90. The van der Waals surface area contributed by atoms with Crippen LogP contribution in [-0.4, -0.2) is 44.1 Å². The average Bonchev–Trinajstić information content (AvgIpc) is 2.67. The molecular formula is C21H28N3O2+. The SMILES string of the molecule is CCC/C=C/C(=O)N1CCN(c2cc(C)[n+](OC)c3ccccc23)CC1. The predicted molar refractivity (Wildman–Crippen MR) is 104 cm³/mol. The van der Waals surface area contributed by atoms with Crippen molar-refractivity contribution >= 4 is 22.5 Å². The molecule has 1 aromatic carbocycles. The highest BCUT2D eigenvalue weighted by atomic mass is 16.6. The van der Waals surface area contributed by atoms with Crippen LogP contribution >= 0.6 is 0 Å². The maximum Gasteiger partial charge on any atom is 0.267 e. The van der Waals surface area contributed by atoms with Gasteiger partial charge in [0.2, 0.25) is 11.6 Å². The molecule has 2 aromatic rings. The zero-order chi connectivity index (χ0) is 18.5. The van der Waals surface area contributed by atoms with E-state index in [1.807, 2.05) is 21.8 Å². The van der Waals surface area contributed by atoms with Gasteiger partial charge in [0, 0.05) is 50.0 Å². The van der Waals surface area contributed by atoms with Crippen LogP contribution < -0.4 is 14.5 Å². The van der Waals surface area contributed by atoms with E-state index in [0.717, 1.165) is 50.2 Å². The Labute approximate surface area is 155 Å². The first-order valence-corrected chi connectivity index (χ1v) is 9.35. The Kier molecular flexibility index (Phi) is 5.76. The largest absolute Gasteiger partial charge is 0.367 e. The molecule has 1 aromatic heterocycles. The number of aryl methyl sites for hydroxylation is 1. The average molecular weight is 354 g/mol. The van der Waals surface area contributed by atoms with Gasteiger partial charge in [0.1, 0.15) is 7.11 Å². The minimum Gasteiger partial charge on any atom is -0.367 e. The van der Waals surface area contributed by atoms with Crippen LogP contribution in [0.4, 0.5) is 5.69 Å². The number of carbonyl (C=O) groups excluding carboxylic acids is 1. The monoisotopic (exact) mass is 354 g/mol. The summed E-state index contributed by atoms with van der Waals surface area (Å²) in [4.78, 5) is 22.1. The standard InChI is InChI=1S/C21H28N3O2/c1-4-5-6-11-21(25)23-14-12-22(13-15-23)20-16-17(2)24(26-3)19-10-8-7-9-18(19)20/h6-11,16H,4-5,12-15H2,1-3H3/q+1/b11-6+. The van der Waals surface area contributed by atoms with Gasteiger partial charge in [0.25, 0.3) is 5.52 Å². The Morgan fingerprint density at radius 2 is 1.96 bits per heavy atom. The molecule has 1 saturated heterocycles. The van der Waals surface area contributed by atoms with Gasteiger partial charge in [-0.3, -0.25) is 9.63 Å². The molecule has 5 heteroatoms. The summed E-state index contributed by atoms with van der Waals surface area (Å²) < 4.78 is 1.86. The molecule has 0 radical (unpaired) electrons. The molecule has 26 heavy (non-hydrogen) atoms. The summed E-state index contributed by atoms with van der Waals surface area (Å²) in [5.74, 6) is 0.129. The number of nitrogens with zero attached hydrogens (tertiary/aromatic N) is 3. The Hall–Kier alpha value is -2.56. The number of para-hydroxylation sites is 1. The normalized spacial score (nSPS) is 15.0. The van der Waals surface area contributed by atoms with Crippen LogP contribution in [0, 0.1) is 6.92 Å². The van der Waals surface area contributed by atoms with E-state index in [9.17, 15) is 4.79 Å². The zero-order valence-corrected chi connectivity index (χ0v) is 15.9. The van der Waals surface area contributed by atoms with E-state index in [1.165, 1.54) is 11.1 Å². The molecule has 0 unspecified atom stereocenters. The van der Waals surface area contributed by atoms with E-state index in [2.05, 4.69) is 43.0 Å². The quantitative estimate of drug-likeness (QED) is 0.611. The number of amides is 1. The molecule has 5 nitrogen and oxygen atoms in total. The fourth-order valence-corrected chi connectivity index (χ4v) is 3.52. The second-order valence-corrected chi connectivity index (χ2v) is 6.67. The van der Waals surface area contributed by atoms with Crippen molar-refractivity contribution in [2.75, 3.05) is 38.2 Å². The molecule has 0 atom stereocenters. The second-order valence-electron chi connectivity index (χ2n) is 6.67. The number of pyridine rings is 1. The molecule has 0 spiro atoms. The minimum absolute atomic E-state index is 0.129. The number of hydrogen-bond acceptors (Lipinski definition) is 3. The summed E-state index contributed by atoms with van der Waals surface area (Å²) in [5.41, 5.74) is 3.33. The van der Waals surface area contributed by atoms with Gasteiger partial charge >= 0.3 is 0 Å². The molecule has 0 bridgehead atoms. The first-order chi connectivity index (χ1) is 12.7. The molecule has 1 amide bonds. The van der Waals surface area contributed by atoms with E-state index in [4.69, 9.17) is 4.84 Å². The van der Waals surface area contributed by atoms with E-state index < -0.39 is 0 Å². The summed E-state index contributed by atoms with van der Waals surface area (Å²) >= 11 is 0. The van der Waals surface area contributed by atoms with Crippen LogP contribution in [0.25, 0.3) is 10.9 Å². The summed E-state index contributed by atoms with van der Waals surface area (Å²) in [7, 11) is 1.69. The first-order valence-electron chi connectivity index (χ1n) is 9.35. The van der Waals surface area contributed by atoms with Gasteiger partial charge in [0.05, 0.1) is 11.1 Å². The lowest BCUT2D eigenvalue weighted by Gasteiger charge is -2.36. The number of allylic oxidation sites excluding steroid dienone is 1. The zero-order valence-electron chi connectivity index (χ0n) is 15.9. The van der Waals surface area contributed by atoms with Crippen molar-refractivity contribution in [1.29, 1.82) is 0 Å². The summed E-state index contributed by atoms with van der Waals surface area (Å²) in [5, 5.41) is 1.17. The third-order valence-corrected chi connectivity index (χ3v) is 4.90. The van der Waals surface area contributed by atoms with Crippen LogP contribution in [-0.2, 0) is 4.79 Å². The predicted octanol–water partition coefficient (Wildman–Crippen LogP) is 2.50. The van der Waals surface area contributed by atoms with Gasteiger partial charge in [0.15, 0.2) is 0 Å². The van der Waals surface area contributed by atoms with Crippen molar-refractivity contribution in [3.63, 3.8) is 0 Å². The first kappa shape index (κ1) is 18.2. The van der Waals surface area contributed by atoms with Gasteiger partial charge in [-0.05, 0) is 18.6 Å². The molecule has 0 aliphatic carbocycles. The highest BCUT2D eigenvalue weighted by molar-refractivity contribution is 5.90. The summed E-state index contributed by atoms with van der Waals surface area (Å²) in [6.45, 7) is 7.36. The molecule has 1 aliphatic heterocycles. The fourth-order valence-electron chi connectivity index (χ4n) is 3.52. The highest BCUT2D eigenvalue weighted by Crippen LogP contribution is 2.26. The second kappa shape index (κ2) is 8.21. The Bertz CT molecular complexity index is 808. The van der Waals surface area contributed by atoms with E-state index >= 15 is 0 Å². The lowest BCUT2D eigenvalue weighted by atomic mass is 10.1. The van der Waals surface area contributed by atoms with Crippen LogP contribution in [0.1, 0.15) is 25.5 Å². The van der Waals surface area contributed by atoms with Crippen molar-refractivity contribution in [3.8, 4) is 0 Å². The third kappa shape index (κ3) is 3.66. The van der Waals surface area contributed by atoms with Gasteiger partial charge in [-0.1, -0.05) is 31.6 Å². The van der Waals surface area contributed by atoms with Crippen molar-refractivity contribution in [1.82, 2.24) is 4.90 Å². The number of piperazine rings is 1. The van der Waals surface area contributed by atoms with Gasteiger partial charge in [-0.25, -0.2) is 0 Å². The van der Waals surface area contributed by atoms with E-state index in [-0.39, 0.29) is 5.91 Å². The van der Waals surface area contributed by atoms with Crippen molar-refractivity contribution in [2.24, 2.45) is 0 Å². The van der Waals surface area contributed by atoms with Crippen LogP contribution in [0.3, 0.4) is 0 Å². The molecule has 1 aliphatic rings. The number of aromatic nitrogens is 1. The lowest BCUT2D eigenvalue weighted by Crippen LogP contribution is -2.49. The Morgan fingerprint density at radius 3 is 2.65 bits per heavy atom. The number of rotatable bonds is 5. The lowest BCUT2D eigenvalue weighted by molar-refractivity contribution is -0.869. The Morgan fingerprint density at radius 1 is 1.23 bits per heavy atom. The smallest absolute Gasteiger partial charge is 0.267 e. The summed E-state index contributed by atoms with van der Waals surface area (Å²) in [6.07, 6.45) is 5.73. The molecular weight excluding hydrogens is 326 g/mol. The van der Waals surface area contributed by atoms with Crippen molar-refractivity contribution < 1.29 is 14.4 Å². The molecule has 0 N–H and O–H groups in total. The summed E-state index contributed by atoms with van der Waals surface area (Å²) in [6, 6.07) is 10.5. The van der Waals surface area contributed by atoms with Crippen LogP contribution in [0.5, 0.6) is 0 Å². The van der Waals surface area contributed by atoms with Crippen molar-refractivity contribution in [2.45, 2.75) is 26.7 Å². The number of hydrogen-bond donors (Lipinski definition) is 0. The molecule has 0 saturated carbocycles. The minimum atomic E-state index is 0.129. The molecule has 1 fully saturated rings. The number of carbonyl (C=O) groups is 1. The number of benzene rings is 1. The maximum absolute atomic E-state index is 12.3. The van der Waals surface area contributed by atoms with Gasteiger partial charge < -0.3 is 9.80 Å². The fraction of sp³-hybridized carbons (Fsp3) is 0.429. The van der Waals surface area contributed by atoms with Crippen LogP contribution in [0.2, 0.25) is 0 Å². The van der Waals surface area contributed by atoms with E-state index in [0.29, 0.717) is 0 Å². The Balaban J connectivity index is 1.79. The van der Waals surface area contributed by atoms with E-state index in [1.54, 1.807) is 13.2 Å². The molecule has 2 heterocycles. The molecule has 138 valence electrons. The highest BCUT2D eigenvalue weighted by Gasteiger charge is 2.25. The van der Waals surface area contributed by atoms with Gasteiger partial charge in [-0.2, -0.15) is 0 Å². The number of fused-ring (bicyclic) bond motifs is 1. The number of anilines is 1. The topological polar surface area (TPSA) is 36.7 Å².